The summed E-state index contributed by atoms with van der Waals surface area (Å²) in [5, 5.41) is 0. The molecule has 0 radical (unpaired) electrons. The van der Waals surface area contributed by atoms with E-state index in [2.05, 4.69) is 15.6 Å². The van der Waals surface area contributed by atoms with Crippen LogP contribution >= 0.6 is 58.0 Å². The van der Waals surface area contributed by atoms with E-state index in [-0.39, 0.29) is 24.6 Å². The van der Waals surface area contributed by atoms with Gasteiger partial charge in [0.2, 0.25) is 0 Å². The monoisotopic (exact) mass is 510 g/mol. The molecule has 0 unspecified atom stereocenters. The van der Waals surface area contributed by atoms with Crippen LogP contribution in [-0.2, 0) is 32.5 Å². The average Bonchev–Trinajstić information content (AvgIpc) is 2.41. The van der Waals surface area contributed by atoms with E-state index in [1.807, 2.05) is 42.4 Å². The Bertz CT molecular complexity index is 386. The molecule has 10 heteroatoms. The van der Waals surface area contributed by atoms with Crippen molar-refractivity contribution < 1.29 is 17.9 Å². The van der Waals surface area contributed by atoms with Gasteiger partial charge in [-0.15, -0.1) is 0 Å². The second kappa shape index (κ2) is 7.76. The van der Waals surface area contributed by atoms with Crippen LogP contribution in [0.2, 0.25) is 0 Å². The standard InChI is InChI=1S/C5H6I2O4P2S2/c6-14(12)9-2-4-3(11-15(7)13)1-5(8)10-4/h3-4H,1-2H2/q-2/t3-,4+/m0/s1. The first-order valence-corrected chi connectivity index (χ1v) is 13.2. The Labute approximate surface area is 120 Å². The summed E-state index contributed by atoms with van der Waals surface area (Å²) in [6.07, 6.45) is -0.335. The molecular weight excluding hydrogens is 504 g/mol. The molecule has 1 fully saturated rings. The van der Waals surface area contributed by atoms with E-state index < -0.39 is 14.6 Å². The van der Waals surface area contributed by atoms with Gasteiger partial charge < -0.3 is 0 Å². The van der Waals surface area contributed by atoms with Gasteiger partial charge in [0.05, 0.1) is 0 Å². The number of carbonyl (C=O) groups excluding carboxylic acids is 1. The zero-order valence-electron chi connectivity index (χ0n) is 7.17. The fraction of sp³-hybridized carbons (Fsp3) is 0.800. The molecule has 2 atom stereocenters. The third-order valence-electron chi connectivity index (χ3n) is 1.60. The number of carbonyl (C=O) groups is 1. The van der Waals surface area contributed by atoms with E-state index in [0.717, 1.165) is 0 Å². The summed E-state index contributed by atoms with van der Waals surface area (Å²) < 4.78 is 15.8. The van der Waals surface area contributed by atoms with Gasteiger partial charge in [0.25, 0.3) is 0 Å². The van der Waals surface area contributed by atoms with Crippen LogP contribution in [0.1, 0.15) is 6.42 Å². The summed E-state index contributed by atoms with van der Waals surface area (Å²) in [6.45, 7) is 0.313. The first kappa shape index (κ1) is 15.5. The van der Waals surface area contributed by atoms with Gasteiger partial charge in [-0.3, -0.25) is 0 Å². The molecule has 1 heterocycles. The van der Waals surface area contributed by atoms with Crippen molar-refractivity contribution in [3.05, 3.63) is 0 Å². The minimum atomic E-state index is -0.497. The van der Waals surface area contributed by atoms with E-state index in [1.54, 1.807) is 0 Å². The van der Waals surface area contributed by atoms with Crippen molar-refractivity contribution in [2.45, 2.75) is 18.6 Å². The van der Waals surface area contributed by atoms with Crippen LogP contribution in [0, 0.1) is 0 Å². The van der Waals surface area contributed by atoms with E-state index in [1.165, 1.54) is 0 Å². The van der Waals surface area contributed by atoms with Crippen molar-refractivity contribution >= 4 is 78.7 Å². The van der Waals surface area contributed by atoms with Gasteiger partial charge in [-0.05, 0) is 0 Å². The fourth-order valence-electron chi connectivity index (χ4n) is 1.05. The van der Waals surface area contributed by atoms with Crippen molar-refractivity contribution in [1.82, 2.24) is 0 Å². The van der Waals surface area contributed by atoms with Crippen LogP contribution in [0.3, 0.4) is 0 Å². The second-order valence-corrected chi connectivity index (χ2v) is 14.8. The summed E-state index contributed by atoms with van der Waals surface area (Å²) in [5.41, 5.74) is 0. The molecule has 0 aromatic heterocycles. The summed E-state index contributed by atoms with van der Waals surface area (Å²) in [5.74, 6) is -0.253. The van der Waals surface area contributed by atoms with Gasteiger partial charge >= 0.3 is 122 Å². The molecule has 88 valence electrons. The number of cyclic esters (lactones) is 1. The van der Waals surface area contributed by atoms with Gasteiger partial charge in [0, 0.05) is 0 Å². The first-order valence-electron chi connectivity index (χ1n) is 3.68. The van der Waals surface area contributed by atoms with E-state index >= 15 is 0 Å². The molecule has 1 aliphatic rings. The normalized spacial score (nSPS) is 26.1. The van der Waals surface area contributed by atoms with Gasteiger partial charge in [0.15, 0.2) is 0 Å². The molecule has 1 aliphatic heterocycles. The predicted molar refractivity (Wildman–Crippen MR) is 81.9 cm³/mol. The minimum absolute atomic E-state index is 0.253. The molecule has 1 saturated heterocycles. The molecule has 0 spiro atoms. The Morgan fingerprint density at radius 1 is 1.47 bits per heavy atom. The van der Waals surface area contributed by atoms with E-state index in [4.69, 9.17) is 13.1 Å². The van der Waals surface area contributed by atoms with Gasteiger partial charge in [0.1, 0.15) is 0 Å². The number of hydrogen-bond donors (Lipinski definition) is 0. The molecule has 0 saturated carbocycles. The molecule has 0 amide bonds. The van der Waals surface area contributed by atoms with Crippen LogP contribution in [0.25, 0.3) is 0 Å². The number of rotatable bonds is 3. The van der Waals surface area contributed by atoms with Crippen LogP contribution in [-0.4, -0.2) is 24.8 Å². The number of ether oxygens (including phenoxy) is 1. The molecule has 1 rings (SSSR count). The fourth-order valence-corrected chi connectivity index (χ4v) is 3.45. The number of hydrogen-bond acceptors (Lipinski definition) is 6. The van der Waals surface area contributed by atoms with Crippen LogP contribution in [0.15, 0.2) is 0 Å². The van der Waals surface area contributed by atoms with Gasteiger partial charge in [-0.1, -0.05) is 0 Å². The Kier molecular flexibility index (Phi) is 8.00. The zero-order valence-corrected chi connectivity index (χ0v) is 14.9. The van der Waals surface area contributed by atoms with Crippen LogP contribution < -0.4 is 0 Å². The molecule has 0 bridgehead atoms. The maximum absolute atomic E-state index is 11.1. The number of halogens is 2. The zero-order chi connectivity index (χ0) is 11.4. The van der Waals surface area contributed by atoms with Gasteiger partial charge in [-0.2, -0.15) is 0 Å². The summed E-state index contributed by atoms with van der Waals surface area (Å²) in [6, 6.07) is 0. The van der Waals surface area contributed by atoms with Crippen molar-refractivity contribution in [2.24, 2.45) is 0 Å². The molecule has 0 N–H and O–H groups in total. The van der Waals surface area contributed by atoms with E-state index in [9.17, 15) is 4.79 Å². The third kappa shape index (κ3) is 6.22. The molecule has 0 aliphatic carbocycles. The van der Waals surface area contributed by atoms with E-state index in [0.29, 0.717) is 6.61 Å². The van der Waals surface area contributed by atoms with Crippen LogP contribution in [0.4, 0.5) is 0 Å². The Balaban J connectivity index is 2.51. The van der Waals surface area contributed by atoms with Crippen molar-refractivity contribution in [2.75, 3.05) is 6.61 Å². The molecular formula is C5H6I2O4P2S2-2. The Morgan fingerprint density at radius 3 is 2.67 bits per heavy atom. The number of esters is 1. The predicted octanol–water partition coefficient (Wildman–Crippen LogP) is 3.12. The molecule has 15 heavy (non-hydrogen) atoms. The molecule has 0 aromatic rings. The summed E-state index contributed by atoms with van der Waals surface area (Å²) in [7, 11) is 7.26. The summed E-state index contributed by atoms with van der Waals surface area (Å²) in [4.78, 5) is 11.1. The Hall–Kier alpha value is 2.41. The Morgan fingerprint density at radius 2 is 2.13 bits per heavy atom. The van der Waals surface area contributed by atoms with Crippen molar-refractivity contribution in [3.8, 4) is 0 Å². The second-order valence-electron chi connectivity index (χ2n) is 2.56. The third-order valence-corrected chi connectivity index (χ3v) is 4.29. The topological polar surface area (TPSA) is 44.8 Å². The average molecular weight is 510 g/mol. The maximum atomic E-state index is 11.1. The SMILES string of the molecule is O=C1C[C@H](O[S-](#P)I)[C@@H](CO[S-](#P)I)O1. The molecule has 0 aromatic carbocycles. The molecule has 4 nitrogen and oxygen atoms in total. The van der Waals surface area contributed by atoms with Crippen LogP contribution in [0.5, 0.6) is 0 Å². The quantitative estimate of drug-likeness (QED) is 0.254. The van der Waals surface area contributed by atoms with Gasteiger partial charge in [-0.25, -0.2) is 0 Å². The summed E-state index contributed by atoms with van der Waals surface area (Å²) >= 11 is 4.08. The van der Waals surface area contributed by atoms with Crippen molar-refractivity contribution in [3.63, 3.8) is 0 Å². The van der Waals surface area contributed by atoms with Crippen molar-refractivity contribution in [1.29, 1.82) is 0 Å². The first-order chi connectivity index (χ1) is 6.99.